The molecule has 1 aliphatic rings. The predicted octanol–water partition coefficient (Wildman–Crippen LogP) is 2.50. The summed E-state index contributed by atoms with van der Waals surface area (Å²) in [5, 5.41) is 2.85. The highest BCUT2D eigenvalue weighted by molar-refractivity contribution is 6.00. The van der Waals surface area contributed by atoms with Gasteiger partial charge in [0.15, 0.2) is 0 Å². The topological polar surface area (TPSA) is 49.4 Å². The summed E-state index contributed by atoms with van der Waals surface area (Å²) in [6.07, 6.45) is 0.150. The summed E-state index contributed by atoms with van der Waals surface area (Å²) in [7, 11) is 0. The first-order valence-corrected chi connectivity index (χ1v) is 7.51. The van der Waals surface area contributed by atoms with E-state index in [-0.39, 0.29) is 24.8 Å². The second-order valence-corrected chi connectivity index (χ2v) is 5.59. The second kappa shape index (κ2) is 6.60. The first kappa shape index (κ1) is 15.2. The zero-order valence-electron chi connectivity index (χ0n) is 12.5. The van der Waals surface area contributed by atoms with Crippen molar-refractivity contribution in [2.45, 2.75) is 13.0 Å². The van der Waals surface area contributed by atoms with E-state index in [0.29, 0.717) is 12.2 Å². The fourth-order valence-corrected chi connectivity index (χ4v) is 2.71. The Morgan fingerprint density at radius 1 is 1.17 bits per heavy atom. The number of amides is 2. The van der Waals surface area contributed by atoms with Crippen LogP contribution < -0.4 is 10.2 Å². The van der Waals surface area contributed by atoms with E-state index in [9.17, 15) is 14.0 Å². The molecule has 0 spiro atoms. The zero-order valence-corrected chi connectivity index (χ0v) is 12.5. The van der Waals surface area contributed by atoms with E-state index >= 15 is 0 Å². The van der Waals surface area contributed by atoms with Crippen LogP contribution in [0.25, 0.3) is 0 Å². The minimum Gasteiger partial charge on any atom is -0.352 e. The van der Waals surface area contributed by atoms with Gasteiger partial charge >= 0.3 is 0 Å². The number of carbonyl (C=O) groups is 2. The molecule has 1 atom stereocenters. The van der Waals surface area contributed by atoms with Crippen molar-refractivity contribution in [2.24, 2.45) is 5.92 Å². The Balaban J connectivity index is 1.62. The number of nitrogens with zero attached hydrogens (tertiary/aromatic N) is 1. The number of nitrogens with one attached hydrogen (secondary N) is 1. The van der Waals surface area contributed by atoms with Crippen molar-refractivity contribution >= 4 is 17.5 Å². The minimum atomic E-state index is -0.408. The molecule has 0 aromatic heterocycles. The standard InChI is InChI=1S/C18H17FN2O2/c19-15-7-4-8-16(10-15)21-12-14(9-17(21)22)18(23)20-11-13-5-2-1-3-6-13/h1-8,10,14H,9,11-12H2,(H,20,23). The van der Waals surface area contributed by atoms with Crippen LogP contribution in [0.5, 0.6) is 0 Å². The molecule has 0 bridgehead atoms. The third kappa shape index (κ3) is 3.56. The molecule has 118 valence electrons. The number of hydrogen-bond donors (Lipinski definition) is 1. The SMILES string of the molecule is O=C(NCc1ccccc1)C1CC(=O)N(c2cccc(F)c2)C1. The molecule has 1 saturated heterocycles. The van der Waals surface area contributed by atoms with Gasteiger partial charge in [0, 0.05) is 25.2 Å². The summed E-state index contributed by atoms with van der Waals surface area (Å²) in [5.74, 6) is -1.11. The Morgan fingerprint density at radius 2 is 1.96 bits per heavy atom. The van der Waals surface area contributed by atoms with Crippen molar-refractivity contribution in [1.29, 1.82) is 0 Å². The maximum absolute atomic E-state index is 13.3. The maximum atomic E-state index is 13.3. The monoisotopic (exact) mass is 312 g/mol. The summed E-state index contributed by atoms with van der Waals surface area (Å²) in [6, 6.07) is 15.5. The molecule has 0 radical (unpaired) electrons. The van der Waals surface area contributed by atoms with Gasteiger partial charge in [0.05, 0.1) is 5.92 Å². The summed E-state index contributed by atoms with van der Waals surface area (Å²) >= 11 is 0. The van der Waals surface area contributed by atoms with Gasteiger partial charge in [0.25, 0.3) is 0 Å². The Kier molecular flexibility index (Phi) is 4.37. The van der Waals surface area contributed by atoms with Crippen LogP contribution >= 0.6 is 0 Å². The van der Waals surface area contributed by atoms with Gasteiger partial charge in [-0.25, -0.2) is 4.39 Å². The number of anilines is 1. The number of carbonyl (C=O) groups excluding carboxylic acids is 2. The molecule has 23 heavy (non-hydrogen) atoms. The molecule has 1 aliphatic heterocycles. The molecule has 1 fully saturated rings. The highest BCUT2D eigenvalue weighted by atomic mass is 19.1. The molecule has 2 aromatic carbocycles. The molecule has 2 amide bonds. The van der Waals surface area contributed by atoms with Gasteiger partial charge in [-0.2, -0.15) is 0 Å². The van der Waals surface area contributed by atoms with Crippen LogP contribution in [0.2, 0.25) is 0 Å². The van der Waals surface area contributed by atoms with Gasteiger partial charge in [-0.15, -0.1) is 0 Å². The lowest BCUT2D eigenvalue weighted by atomic mass is 10.1. The Hall–Kier alpha value is -2.69. The van der Waals surface area contributed by atoms with Crippen molar-refractivity contribution in [1.82, 2.24) is 5.32 Å². The molecule has 5 heteroatoms. The third-order valence-corrected chi connectivity index (χ3v) is 3.93. The van der Waals surface area contributed by atoms with Gasteiger partial charge in [0.2, 0.25) is 11.8 Å². The highest BCUT2D eigenvalue weighted by Gasteiger charge is 2.35. The largest absolute Gasteiger partial charge is 0.352 e. The lowest BCUT2D eigenvalue weighted by Crippen LogP contribution is -2.32. The molecule has 1 heterocycles. The second-order valence-electron chi connectivity index (χ2n) is 5.59. The quantitative estimate of drug-likeness (QED) is 0.943. The molecule has 2 aromatic rings. The molecule has 1 unspecified atom stereocenters. The average molecular weight is 312 g/mol. The maximum Gasteiger partial charge on any atom is 0.227 e. The lowest BCUT2D eigenvalue weighted by Gasteiger charge is -2.16. The average Bonchev–Trinajstić information content (AvgIpc) is 2.95. The van der Waals surface area contributed by atoms with Crippen LogP contribution in [0, 0.1) is 11.7 Å². The van der Waals surface area contributed by atoms with E-state index in [1.54, 1.807) is 12.1 Å². The smallest absolute Gasteiger partial charge is 0.227 e. The summed E-state index contributed by atoms with van der Waals surface area (Å²) < 4.78 is 13.3. The van der Waals surface area contributed by atoms with Gasteiger partial charge in [-0.05, 0) is 23.8 Å². The normalized spacial score (nSPS) is 17.3. The molecule has 3 rings (SSSR count). The van der Waals surface area contributed by atoms with E-state index in [4.69, 9.17) is 0 Å². The zero-order chi connectivity index (χ0) is 16.2. The van der Waals surface area contributed by atoms with Crippen LogP contribution in [-0.2, 0) is 16.1 Å². The number of hydrogen-bond acceptors (Lipinski definition) is 2. The summed E-state index contributed by atoms with van der Waals surface area (Å²) in [4.78, 5) is 25.8. The van der Waals surface area contributed by atoms with E-state index in [1.165, 1.54) is 17.0 Å². The number of benzene rings is 2. The molecule has 0 saturated carbocycles. The fourth-order valence-electron chi connectivity index (χ4n) is 2.71. The number of halogens is 1. The van der Waals surface area contributed by atoms with Crippen molar-refractivity contribution in [3.05, 3.63) is 66.0 Å². The third-order valence-electron chi connectivity index (χ3n) is 3.93. The fraction of sp³-hybridized carbons (Fsp3) is 0.222. The van der Waals surface area contributed by atoms with Crippen molar-refractivity contribution < 1.29 is 14.0 Å². The Morgan fingerprint density at radius 3 is 2.70 bits per heavy atom. The van der Waals surface area contributed by atoms with E-state index in [0.717, 1.165) is 5.56 Å². The summed E-state index contributed by atoms with van der Waals surface area (Å²) in [5.41, 5.74) is 1.50. The van der Waals surface area contributed by atoms with Gasteiger partial charge in [-0.1, -0.05) is 36.4 Å². The van der Waals surface area contributed by atoms with Crippen LogP contribution in [0.1, 0.15) is 12.0 Å². The summed E-state index contributed by atoms with van der Waals surface area (Å²) in [6.45, 7) is 0.716. The van der Waals surface area contributed by atoms with Crippen LogP contribution in [0.4, 0.5) is 10.1 Å². The van der Waals surface area contributed by atoms with Crippen LogP contribution in [-0.4, -0.2) is 18.4 Å². The van der Waals surface area contributed by atoms with Gasteiger partial charge in [0.1, 0.15) is 5.82 Å². The van der Waals surface area contributed by atoms with E-state index < -0.39 is 11.7 Å². The molecule has 0 aliphatic carbocycles. The minimum absolute atomic E-state index is 0.150. The first-order valence-electron chi connectivity index (χ1n) is 7.51. The van der Waals surface area contributed by atoms with Gasteiger partial charge in [-0.3, -0.25) is 9.59 Å². The van der Waals surface area contributed by atoms with Crippen molar-refractivity contribution in [3.63, 3.8) is 0 Å². The molecule has 1 N–H and O–H groups in total. The Bertz CT molecular complexity index is 718. The molecular weight excluding hydrogens is 295 g/mol. The van der Waals surface area contributed by atoms with E-state index in [1.807, 2.05) is 30.3 Å². The molecule has 4 nitrogen and oxygen atoms in total. The van der Waals surface area contributed by atoms with E-state index in [2.05, 4.69) is 5.32 Å². The van der Waals surface area contributed by atoms with Crippen molar-refractivity contribution in [2.75, 3.05) is 11.4 Å². The predicted molar refractivity (Wildman–Crippen MR) is 85.1 cm³/mol. The van der Waals surface area contributed by atoms with Crippen molar-refractivity contribution in [3.8, 4) is 0 Å². The van der Waals surface area contributed by atoms with Gasteiger partial charge < -0.3 is 10.2 Å². The van der Waals surface area contributed by atoms with Crippen LogP contribution in [0.15, 0.2) is 54.6 Å². The lowest BCUT2D eigenvalue weighted by molar-refractivity contribution is -0.126. The Labute approximate surface area is 133 Å². The van der Waals surface area contributed by atoms with Crippen LogP contribution in [0.3, 0.4) is 0 Å². The highest BCUT2D eigenvalue weighted by Crippen LogP contribution is 2.25. The number of rotatable bonds is 4. The molecular formula is C18H17FN2O2. The first-order chi connectivity index (χ1) is 11.1.